The van der Waals surface area contributed by atoms with Crippen LogP contribution in [0, 0.1) is 0 Å². The zero-order valence-corrected chi connectivity index (χ0v) is 14.1. The van der Waals surface area contributed by atoms with E-state index in [1.807, 2.05) is 6.07 Å². The molecule has 26 heavy (non-hydrogen) atoms. The quantitative estimate of drug-likeness (QED) is 0.655. The molecule has 1 aromatic carbocycles. The number of aromatic nitrogens is 1. The summed E-state index contributed by atoms with van der Waals surface area (Å²) >= 11 is 0. The average molecular weight is 351 g/mol. The molecule has 7 heteroatoms. The molecule has 0 atom stereocenters. The summed E-state index contributed by atoms with van der Waals surface area (Å²) in [5.41, 5.74) is 1.71. The lowest BCUT2D eigenvalue weighted by atomic mass is 10.1. The average Bonchev–Trinajstić information content (AvgIpc) is 3.19. The molecule has 1 amide bonds. The van der Waals surface area contributed by atoms with Crippen LogP contribution in [0.1, 0.15) is 27.8 Å². The smallest absolute Gasteiger partial charge is 0.340 e. The van der Waals surface area contributed by atoms with Crippen LogP contribution >= 0.6 is 0 Å². The molecule has 2 N–H and O–H groups in total. The predicted molar refractivity (Wildman–Crippen MR) is 96.6 cm³/mol. The molecule has 3 rings (SSSR count). The molecule has 0 saturated carbocycles. The van der Waals surface area contributed by atoms with Crippen LogP contribution in [0.2, 0.25) is 0 Å². The van der Waals surface area contributed by atoms with Crippen molar-refractivity contribution in [2.45, 2.75) is 6.92 Å². The molecule has 0 aliphatic rings. The molecular weight excluding hydrogens is 334 g/mol. The van der Waals surface area contributed by atoms with Crippen LogP contribution in [0.5, 0.6) is 0 Å². The summed E-state index contributed by atoms with van der Waals surface area (Å²) in [6.45, 7) is 2.06. The van der Waals surface area contributed by atoms with E-state index in [1.165, 1.54) is 6.26 Å². The van der Waals surface area contributed by atoms with Gasteiger partial charge in [-0.2, -0.15) is 0 Å². The van der Waals surface area contributed by atoms with Gasteiger partial charge in [-0.25, -0.2) is 9.78 Å². The molecule has 3 aromatic rings. The van der Waals surface area contributed by atoms with E-state index in [-0.39, 0.29) is 11.7 Å². The van der Waals surface area contributed by atoms with Crippen LogP contribution in [0.4, 0.5) is 17.2 Å². The molecule has 7 nitrogen and oxygen atoms in total. The lowest BCUT2D eigenvalue weighted by molar-refractivity contribution is 0.0527. The van der Waals surface area contributed by atoms with Gasteiger partial charge in [0.05, 0.1) is 36.0 Å². The van der Waals surface area contributed by atoms with Crippen LogP contribution in [-0.4, -0.2) is 23.5 Å². The molecule has 0 saturated heterocycles. The molecule has 2 heterocycles. The molecule has 2 aromatic heterocycles. The monoisotopic (exact) mass is 351 g/mol. The number of benzene rings is 1. The van der Waals surface area contributed by atoms with Crippen LogP contribution in [0.15, 0.2) is 65.4 Å². The third-order valence-electron chi connectivity index (χ3n) is 3.45. The molecule has 0 aliphatic heterocycles. The Hall–Kier alpha value is -3.61. The molecule has 0 bridgehead atoms. The number of rotatable bonds is 6. The second-order valence-corrected chi connectivity index (χ2v) is 5.25. The Labute approximate surface area is 150 Å². The first kappa shape index (κ1) is 17.2. The summed E-state index contributed by atoms with van der Waals surface area (Å²) in [6, 6.07) is 13.6. The number of hydrogen-bond donors (Lipinski definition) is 2. The fraction of sp³-hybridized carbons (Fsp3) is 0.105. The maximum absolute atomic E-state index is 12.0. The van der Waals surface area contributed by atoms with Gasteiger partial charge in [0.15, 0.2) is 5.76 Å². The number of anilines is 3. The Bertz CT molecular complexity index is 889. The summed E-state index contributed by atoms with van der Waals surface area (Å²) < 4.78 is 10.1. The molecular formula is C19H17N3O4. The van der Waals surface area contributed by atoms with Crippen LogP contribution < -0.4 is 10.6 Å². The highest BCUT2D eigenvalue weighted by atomic mass is 16.5. The molecule has 0 unspecified atom stereocenters. The maximum atomic E-state index is 12.0. The van der Waals surface area contributed by atoms with Crippen molar-refractivity contribution in [1.29, 1.82) is 0 Å². The van der Waals surface area contributed by atoms with Crippen LogP contribution in [-0.2, 0) is 4.74 Å². The van der Waals surface area contributed by atoms with Gasteiger partial charge < -0.3 is 19.8 Å². The van der Waals surface area contributed by atoms with Gasteiger partial charge in [-0.3, -0.25) is 4.79 Å². The van der Waals surface area contributed by atoms with Crippen molar-refractivity contribution in [2.24, 2.45) is 0 Å². The number of esters is 1. The minimum atomic E-state index is -0.397. The van der Waals surface area contributed by atoms with E-state index in [1.54, 1.807) is 55.6 Å². The van der Waals surface area contributed by atoms with E-state index in [9.17, 15) is 9.59 Å². The third-order valence-corrected chi connectivity index (χ3v) is 3.45. The van der Waals surface area contributed by atoms with E-state index >= 15 is 0 Å². The number of carbonyl (C=O) groups excluding carboxylic acids is 2. The second-order valence-electron chi connectivity index (χ2n) is 5.25. The number of pyridine rings is 1. The minimum Gasteiger partial charge on any atom is -0.462 e. The van der Waals surface area contributed by atoms with E-state index in [2.05, 4.69) is 15.6 Å². The van der Waals surface area contributed by atoms with Gasteiger partial charge in [0.2, 0.25) is 0 Å². The first-order chi connectivity index (χ1) is 12.7. The van der Waals surface area contributed by atoms with Crippen molar-refractivity contribution in [3.8, 4) is 0 Å². The number of furan rings is 1. The highest BCUT2D eigenvalue weighted by molar-refractivity contribution is 6.01. The van der Waals surface area contributed by atoms with Gasteiger partial charge in [0, 0.05) is 0 Å². The van der Waals surface area contributed by atoms with Crippen molar-refractivity contribution in [2.75, 3.05) is 17.2 Å². The number of amides is 1. The van der Waals surface area contributed by atoms with Crippen molar-refractivity contribution in [3.63, 3.8) is 0 Å². The van der Waals surface area contributed by atoms with E-state index in [0.29, 0.717) is 29.4 Å². The van der Waals surface area contributed by atoms with Gasteiger partial charge in [0.1, 0.15) is 5.82 Å². The highest BCUT2D eigenvalue weighted by Gasteiger charge is 2.12. The van der Waals surface area contributed by atoms with Crippen molar-refractivity contribution in [1.82, 2.24) is 4.98 Å². The van der Waals surface area contributed by atoms with E-state index in [0.717, 1.165) is 0 Å². The summed E-state index contributed by atoms with van der Waals surface area (Å²) in [4.78, 5) is 28.1. The summed E-state index contributed by atoms with van der Waals surface area (Å²) in [5, 5.41) is 5.76. The van der Waals surface area contributed by atoms with Crippen LogP contribution in [0.25, 0.3) is 0 Å². The van der Waals surface area contributed by atoms with Gasteiger partial charge in [0.25, 0.3) is 5.91 Å². The van der Waals surface area contributed by atoms with Gasteiger partial charge in [-0.15, -0.1) is 0 Å². The zero-order chi connectivity index (χ0) is 18.4. The minimum absolute atomic E-state index is 0.206. The first-order valence-electron chi connectivity index (χ1n) is 8.01. The predicted octanol–water partition coefficient (Wildman–Crippen LogP) is 3.85. The number of nitrogens with zero attached hydrogens (tertiary/aromatic N) is 1. The Morgan fingerprint density at radius 2 is 1.96 bits per heavy atom. The summed E-state index contributed by atoms with van der Waals surface area (Å²) in [5.74, 6) is -0.185. The largest absolute Gasteiger partial charge is 0.462 e. The Balaban J connectivity index is 1.70. The van der Waals surface area contributed by atoms with Crippen molar-refractivity contribution in [3.05, 3.63) is 72.3 Å². The molecule has 0 fully saturated rings. The van der Waals surface area contributed by atoms with Gasteiger partial charge >= 0.3 is 5.97 Å². The SMILES string of the molecule is CCOC(=O)c1ccccc1Nc1ccc(NC(=O)c2ccco2)nc1. The fourth-order valence-electron chi connectivity index (χ4n) is 2.26. The normalized spacial score (nSPS) is 10.2. The van der Waals surface area contributed by atoms with E-state index in [4.69, 9.17) is 9.15 Å². The zero-order valence-electron chi connectivity index (χ0n) is 14.1. The van der Waals surface area contributed by atoms with Crippen LogP contribution in [0.3, 0.4) is 0 Å². The first-order valence-corrected chi connectivity index (χ1v) is 8.01. The number of ether oxygens (including phenoxy) is 1. The molecule has 0 aliphatic carbocycles. The third kappa shape index (κ3) is 4.07. The molecule has 0 spiro atoms. The number of nitrogens with one attached hydrogen (secondary N) is 2. The topological polar surface area (TPSA) is 93.5 Å². The Morgan fingerprint density at radius 3 is 2.65 bits per heavy atom. The fourth-order valence-corrected chi connectivity index (χ4v) is 2.26. The molecule has 132 valence electrons. The number of hydrogen-bond acceptors (Lipinski definition) is 6. The highest BCUT2D eigenvalue weighted by Crippen LogP contribution is 2.22. The number of carbonyl (C=O) groups is 2. The van der Waals surface area contributed by atoms with Gasteiger partial charge in [-0.1, -0.05) is 12.1 Å². The summed E-state index contributed by atoms with van der Waals surface area (Å²) in [6.07, 6.45) is 2.98. The van der Waals surface area contributed by atoms with E-state index < -0.39 is 5.97 Å². The van der Waals surface area contributed by atoms with Gasteiger partial charge in [-0.05, 0) is 43.3 Å². The lowest BCUT2D eigenvalue weighted by Crippen LogP contribution is -2.12. The lowest BCUT2D eigenvalue weighted by Gasteiger charge is -2.11. The summed E-state index contributed by atoms with van der Waals surface area (Å²) in [7, 11) is 0. The standard InChI is InChI=1S/C19H17N3O4/c1-2-25-19(24)14-6-3-4-7-15(14)21-13-9-10-17(20-12-13)22-18(23)16-8-5-11-26-16/h3-12,21H,2H2,1H3,(H,20,22,23). The molecule has 0 radical (unpaired) electrons. The number of para-hydroxylation sites is 1. The Morgan fingerprint density at radius 1 is 1.12 bits per heavy atom. The second kappa shape index (κ2) is 7.98. The van der Waals surface area contributed by atoms with Crippen molar-refractivity contribution >= 4 is 29.1 Å². The maximum Gasteiger partial charge on any atom is 0.340 e. The van der Waals surface area contributed by atoms with Crippen molar-refractivity contribution < 1.29 is 18.7 Å². The Kier molecular flexibility index (Phi) is 5.28.